The fourth-order valence-electron chi connectivity index (χ4n) is 8.49. The van der Waals surface area contributed by atoms with E-state index in [9.17, 15) is 0 Å². The molecule has 0 bridgehead atoms. The molecule has 0 fully saturated rings. The second-order valence-corrected chi connectivity index (χ2v) is 17.4. The summed E-state index contributed by atoms with van der Waals surface area (Å²) in [5, 5.41) is 10.2. The number of benzene rings is 8. The quantitative estimate of drug-likeness (QED) is 0.155. The van der Waals surface area contributed by atoms with Crippen LogP contribution in [0.4, 0.5) is 5.69 Å². The molecule has 248 valence electrons. The number of hydrogen-bond acceptors (Lipinski definition) is 2. The molecule has 0 saturated carbocycles. The van der Waals surface area contributed by atoms with E-state index in [0.29, 0.717) is 0 Å². The van der Waals surface area contributed by atoms with E-state index < -0.39 is 20.7 Å². The number of thiophene rings is 1. The molecule has 12 rings (SSSR count). The van der Waals surface area contributed by atoms with Gasteiger partial charge in [-0.2, -0.15) is 0 Å². The summed E-state index contributed by atoms with van der Waals surface area (Å²) in [6.45, 7) is 0. The summed E-state index contributed by atoms with van der Waals surface area (Å²) in [5.74, 6) is 0. The Kier molecular flexibility index (Phi) is 6.33. The maximum atomic E-state index is 5.50. The van der Waals surface area contributed by atoms with E-state index in [0.717, 1.165) is 15.2 Å². The van der Waals surface area contributed by atoms with Crippen molar-refractivity contribution in [1.29, 1.82) is 0 Å². The smallest absolute Gasteiger partial charge is 0.171 e. The Hall–Kier alpha value is -5.89. The fraction of sp³-hybridized carbons (Fsp3) is 0. The zero-order valence-electron chi connectivity index (χ0n) is 28.3. The van der Waals surface area contributed by atoms with Crippen LogP contribution in [0.15, 0.2) is 175 Å². The largest absolute Gasteiger partial charge is 0.309 e. The van der Waals surface area contributed by atoms with Crippen molar-refractivity contribution in [2.75, 3.05) is 0 Å². The molecule has 0 atom stereocenters. The Labute approximate surface area is 318 Å². The Morgan fingerprint density at radius 1 is 0.453 bits per heavy atom. The van der Waals surface area contributed by atoms with Crippen molar-refractivity contribution in [1.82, 2.24) is 9.13 Å². The predicted molar refractivity (Wildman–Crippen MR) is 237 cm³/mol. The molecule has 11 aromatic rings. The molecular formula is C48H28IN3S. The van der Waals surface area contributed by atoms with Gasteiger partial charge in [0, 0.05) is 56.5 Å². The van der Waals surface area contributed by atoms with Gasteiger partial charge in [0.2, 0.25) is 0 Å². The molecule has 3 nitrogen and oxygen atoms in total. The average molecular weight is 806 g/mol. The highest BCUT2D eigenvalue weighted by Crippen LogP contribution is 2.42. The van der Waals surface area contributed by atoms with Crippen molar-refractivity contribution in [3.63, 3.8) is 0 Å². The van der Waals surface area contributed by atoms with Crippen LogP contribution in [0.25, 0.3) is 80.2 Å². The Morgan fingerprint density at radius 2 is 1.11 bits per heavy atom. The topological polar surface area (TPSA) is 22.2 Å². The van der Waals surface area contributed by atoms with Gasteiger partial charge in [-0.1, -0.05) is 115 Å². The summed E-state index contributed by atoms with van der Waals surface area (Å²) in [5.41, 5.74) is 9.59. The highest BCUT2D eigenvalue weighted by Gasteiger charge is 2.23. The van der Waals surface area contributed by atoms with Crippen molar-refractivity contribution in [2.45, 2.75) is 0 Å². The van der Waals surface area contributed by atoms with Gasteiger partial charge in [-0.3, -0.25) is 4.57 Å². The maximum absolute atomic E-state index is 5.50. The van der Waals surface area contributed by atoms with Crippen molar-refractivity contribution in [2.24, 2.45) is 4.99 Å². The van der Waals surface area contributed by atoms with Crippen molar-refractivity contribution in [3.8, 4) is 5.69 Å². The van der Waals surface area contributed by atoms with Gasteiger partial charge in [-0.05, 0) is 91.7 Å². The van der Waals surface area contributed by atoms with Crippen molar-refractivity contribution < 1.29 is 0 Å². The first kappa shape index (κ1) is 29.7. The second kappa shape index (κ2) is 11.3. The fourth-order valence-corrected chi connectivity index (χ4v) is 12.7. The third-order valence-electron chi connectivity index (χ3n) is 10.8. The SMILES string of the molecule is c1ccc2c(c1)N=C(n1c3ccc(-n4c5ccccc5c5ccccc54)cc3c3c4ccccc4ccc31)I=C2c1ccc2c(c1)sc1ccccc12. The Morgan fingerprint density at radius 3 is 1.96 bits per heavy atom. The van der Waals surface area contributed by atoms with Crippen LogP contribution in [0.1, 0.15) is 11.1 Å². The van der Waals surface area contributed by atoms with E-state index in [1.807, 2.05) is 11.3 Å². The van der Waals surface area contributed by atoms with Gasteiger partial charge in [0.25, 0.3) is 0 Å². The molecule has 0 unspecified atom stereocenters. The van der Waals surface area contributed by atoms with Crippen LogP contribution >= 0.6 is 32.1 Å². The lowest BCUT2D eigenvalue weighted by Crippen LogP contribution is -2.12. The monoisotopic (exact) mass is 805 g/mol. The number of fused-ring (bicyclic) bond motifs is 12. The van der Waals surface area contributed by atoms with Gasteiger partial charge in [0.15, 0.2) is 3.84 Å². The molecule has 0 amide bonds. The summed E-state index contributed by atoms with van der Waals surface area (Å²) in [6.07, 6.45) is 0. The van der Waals surface area contributed by atoms with E-state index in [4.69, 9.17) is 4.99 Å². The first-order valence-electron chi connectivity index (χ1n) is 17.8. The number of nitrogens with zero attached hydrogens (tertiary/aromatic N) is 3. The lowest BCUT2D eigenvalue weighted by Gasteiger charge is -2.18. The number of rotatable bonds is 2. The van der Waals surface area contributed by atoms with Gasteiger partial charge in [0.1, 0.15) is 0 Å². The molecule has 3 aromatic heterocycles. The summed E-state index contributed by atoms with van der Waals surface area (Å²) in [6, 6.07) is 62.5. The van der Waals surface area contributed by atoms with E-state index in [2.05, 4.69) is 179 Å². The minimum atomic E-state index is -0.676. The van der Waals surface area contributed by atoms with Crippen LogP contribution in [-0.2, 0) is 0 Å². The molecule has 8 aromatic carbocycles. The van der Waals surface area contributed by atoms with Crippen LogP contribution in [0.2, 0.25) is 0 Å². The molecule has 0 spiro atoms. The van der Waals surface area contributed by atoms with E-state index >= 15 is 0 Å². The summed E-state index contributed by atoms with van der Waals surface area (Å²) in [7, 11) is 0. The zero-order valence-corrected chi connectivity index (χ0v) is 31.3. The minimum absolute atomic E-state index is 0.676. The molecule has 1 aliphatic heterocycles. The lowest BCUT2D eigenvalue weighted by molar-refractivity contribution is 1.18. The number of halogens is 1. The molecule has 1 aliphatic rings. The van der Waals surface area contributed by atoms with Gasteiger partial charge in [-0.15, -0.1) is 11.3 Å². The molecule has 4 heterocycles. The van der Waals surface area contributed by atoms with Crippen molar-refractivity contribution >= 4 is 120 Å². The summed E-state index contributed by atoms with van der Waals surface area (Å²) >= 11 is 1.21. The number of aromatic nitrogens is 2. The first-order valence-corrected chi connectivity index (χ1v) is 20.8. The lowest BCUT2D eigenvalue weighted by atomic mass is 10.0. The third kappa shape index (κ3) is 4.32. The highest BCUT2D eigenvalue weighted by molar-refractivity contribution is 14.2. The number of hydrogen-bond donors (Lipinski definition) is 0. The van der Waals surface area contributed by atoms with Gasteiger partial charge >= 0.3 is 0 Å². The average Bonchev–Trinajstić information content (AvgIpc) is 3.87. The second-order valence-electron chi connectivity index (χ2n) is 13.7. The standard InChI is InChI=1S/C48H28IN3S/c1-2-12-32-29(11-1)22-25-43-46(32)38-28-31(51-40-18-8-4-13-33(40)34-14-5-9-19-41(34)51)23-26-42(38)52(43)48-49-47(37-16-3-7-17-39(37)50-48)30-21-24-36-35-15-6-10-20-44(35)53-45(36)27-30/h1-28H. The number of para-hydroxylation sites is 3. The summed E-state index contributed by atoms with van der Waals surface area (Å²) < 4.78 is 10.1. The van der Waals surface area contributed by atoms with Crippen LogP contribution in [0.3, 0.4) is 0 Å². The third-order valence-corrected chi connectivity index (χ3v) is 14.9. The molecule has 0 aliphatic carbocycles. The Bertz CT molecular complexity index is 3360. The van der Waals surface area contributed by atoms with Gasteiger partial charge in [0.05, 0.1) is 27.8 Å². The van der Waals surface area contributed by atoms with Gasteiger partial charge in [-0.25, -0.2) is 4.99 Å². The number of aliphatic imine (C=N–C) groups is 1. The van der Waals surface area contributed by atoms with E-state index in [1.165, 1.54) is 89.2 Å². The van der Waals surface area contributed by atoms with E-state index in [-0.39, 0.29) is 0 Å². The molecule has 0 radical (unpaired) electrons. The first-order chi connectivity index (χ1) is 26.3. The van der Waals surface area contributed by atoms with Crippen LogP contribution < -0.4 is 0 Å². The van der Waals surface area contributed by atoms with Gasteiger partial charge < -0.3 is 4.57 Å². The highest BCUT2D eigenvalue weighted by atomic mass is 127. The van der Waals surface area contributed by atoms with E-state index in [1.54, 1.807) is 0 Å². The maximum Gasteiger partial charge on any atom is 0.171 e. The van der Waals surface area contributed by atoms with Crippen molar-refractivity contribution in [3.05, 3.63) is 181 Å². The summed E-state index contributed by atoms with van der Waals surface area (Å²) in [4.78, 5) is 5.50. The molecular weight excluding hydrogens is 778 g/mol. The Balaban J connectivity index is 1.13. The van der Waals surface area contributed by atoms with Crippen LogP contribution in [0, 0.1) is 0 Å². The molecule has 0 saturated heterocycles. The normalized spacial score (nSPS) is 13.3. The van der Waals surface area contributed by atoms with Crippen LogP contribution in [-0.4, -0.2) is 16.5 Å². The zero-order chi connectivity index (χ0) is 34.6. The molecule has 0 N–H and O–H groups in total. The molecule has 53 heavy (non-hydrogen) atoms. The van der Waals surface area contributed by atoms with Crippen LogP contribution in [0.5, 0.6) is 0 Å². The molecule has 5 heteroatoms. The minimum Gasteiger partial charge on any atom is -0.309 e. The predicted octanol–water partition coefficient (Wildman–Crippen LogP) is 13.5.